The average Bonchev–Trinajstić information content (AvgIpc) is 2.91. The maximum absolute atomic E-state index is 12.1. The predicted molar refractivity (Wildman–Crippen MR) is 72.8 cm³/mol. The lowest BCUT2D eigenvalue weighted by Gasteiger charge is -2.33. The Labute approximate surface area is 120 Å². The first-order chi connectivity index (χ1) is 9.60. The van der Waals surface area contributed by atoms with Crippen molar-refractivity contribution < 1.29 is 14.3 Å². The summed E-state index contributed by atoms with van der Waals surface area (Å²) in [5.74, 6) is 0. The number of imide groups is 1. The van der Waals surface area contributed by atoms with Crippen LogP contribution in [0.2, 0.25) is 0 Å². The van der Waals surface area contributed by atoms with Gasteiger partial charge < -0.3 is 10.1 Å². The summed E-state index contributed by atoms with van der Waals surface area (Å²) in [6.07, 6.45) is -0.763. The normalized spacial score (nSPS) is 18.6. The van der Waals surface area contributed by atoms with Crippen molar-refractivity contribution in [2.75, 3.05) is 6.61 Å². The van der Waals surface area contributed by atoms with Gasteiger partial charge in [0.25, 0.3) is 0 Å². The first-order valence-corrected chi connectivity index (χ1v) is 6.94. The molecule has 0 fully saturated rings. The maximum Gasteiger partial charge on any atom is 0.418 e. The second kappa shape index (κ2) is 5.75. The van der Waals surface area contributed by atoms with Crippen LogP contribution in [0.15, 0.2) is 28.1 Å². The van der Waals surface area contributed by atoms with Crippen molar-refractivity contribution in [1.82, 2.24) is 10.2 Å². The van der Waals surface area contributed by atoms with Crippen LogP contribution in [0.4, 0.5) is 9.59 Å². The van der Waals surface area contributed by atoms with E-state index in [1.54, 1.807) is 25.3 Å². The fourth-order valence-corrected chi connectivity index (χ4v) is 2.69. The molecule has 2 rings (SSSR count). The summed E-state index contributed by atoms with van der Waals surface area (Å²) in [4.78, 5) is 25.0. The molecule has 7 heteroatoms. The topological polar surface area (TPSA) is 82.4 Å². The third-order valence-corrected chi connectivity index (χ3v) is 3.59. The first-order valence-electron chi connectivity index (χ1n) is 6.00. The lowest BCUT2D eigenvalue weighted by atomic mass is 9.97. The molecule has 3 amide bonds. The minimum absolute atomic E-state index is 0.156. The minimum atomic E-state index is -0.763. The Hall–Kier alpha value is -2.33. The van der Waals surface area contributed by atoms with Gasteiger partial charge in [0.1, 0.15) is 6.04 Å². The number of carbonyl (C=O) groups is 2. The zero-order chi connectivity index (χ0) is 14.7. The number of hydrogen-bond acceptors (Lipinski definition) is 5. The molecule has 0 bridgehead atoms. The van der Waals surface area contributed by atoms with Gasteiger partial charge in [0.2, 0.25) is 0 Å². The number of hydrogen-bond donors (Lipinski definition) is 1. The fourth-order valence-electron chi connectivity index (χ4n) is 2.01. The van der Waals surface area contributed by atoms with Gasteiger partial charge in [-0.25, -0.2) is 14.5 Å². The van der Waals surface area contributed by atoms with Gasteiger partial charge >= 0.3 is 12.1 Å². The van der Waals surface area contributed by atoms with Crippen LogP contribution in [0.25, 0.3) is 0 Å². The Morgan fingerprint density at radius 3 is 2.95 bits per heavy atom. The van der Waals surface area contributed by atoms with Crippen molar-refractivity contribution in [2.45, 2.75) is 19.9 Å². The second-order valence-electron chi connectivity index (χ2n) is 4.11. The van der Waals surface area contributed by atoms with Crippen molar-refractivity contribution >= 4 is 23.5 Å². The van der Waals surface area contributed by atoms with E-state index in [0.29, 0.717) is 16.8 Å². The number of nitrogens with one attached hydrogen (secondary N) is 1. The van der Waals surface area contributed by atoms with E-state index in [9.17, 15) is 14.9 Å². The Morgan fingerprint density at radius 2 is 2.40 bits per heavy atom. The molecular weight excluding hydrogens is 278 g/mol. The summed E-state index contributed by atoms with van der Waals surface area (Å²) in [5.41, 5.74) is 1.50. The summed E-state index contributed by atoms with van der Waals surface area (Å²) in [6.45, 7) is 3.45. The molecule has 0 radical (unpaired) electrons. The van der Waals surface area contributed by atoms with Gasteiger partial charge in [-0.3, -0.25) is 0 Å². The van der Waals surface area contributed by atoms with Gasteiger partial charge in [0, 0.05) is 5.70 Å². The van der Waals surface area contributed by atoms with Crippen LogP contribution in [-0.2, 0) is 4.74 Å². The number of thiophene rings is 1. The average molecular weight is 291 g/mol. The molecule has 0 saturated heterocycles. The van der Waals surface area contributed by atoms with Crippen LogP contribution in [0.3, 0.4) is 0 Å². The van der Waals surface area contributed by atoms with Gasteiger partial charge in [0.05, 0.1) is 18.2 Å². The molecule has 2 heterocycles. The van der Waals surface area contributed by atoms with Crippen LogP contribution >= 0.6 is 11.3 Å². The number of allylic oxidation sites excluding steroid dienone is 1. The zero-order valence-electron chi connectivity index (χ0n) is 11.0. The summed E-state index contributed by atoms with van der Waals surface area (Å²) < 4.78 is 4.91. The number of nitriles is 1. The molecule has 0 aromatic carbocycles. The van der Waals surface area contributed by atoms with E-state index in [1.165, 1.54) is 11.3 Å². The molecule has 1 aliphatic rings. The van der Waals surface area contributed by atoms with E-state index in [2.05, 4.69) is 11.4 Å². The second-order valence-corrected chi connectivity index (χ2v) is 4.89. The van der Waals surface area contributed by atoms with E-state index in [1.807, 2.05) is 5.38 Å². The van der Waals surface area contributed by atoms with Crippen LogP contribution in [0.5, 0.6) is 0 Å². The molecule has 1 atom stereocenters. The molecule has 0 saturated carbocycles. The van der Waals surface area contributed by atoms with Crippen LogP contribution in [0.1, 0.15) is 25.5 Å². The molecular formula is C13H13N3O3S. The third-order valence-electron chi connectivity index (χ3n) is 2.89. The SMILES string of the molecule is CCOC(=O)N1C(=O)NC(C)=C(C#N)C1c1ccsc1. The zero-order valence-corrected chi connectivity index (χ0v) is 11.9. The lowest BCUT2D eigenvalue weighted by molar-refractivity contribution is 0.104. The number of urea groups is 1. The van der Waals surface area contributed by atoms with E-state index in [4.69, 9.17) is 4.74 Å². The van der Waals surface area contributed by atoms with Crippen molar-refractivity contribution in [1.29, 1.82) is 5.26 Å². The van der Waals surface area contributed by atoms with Crippen LogP contribution in [-0.4, -0.2) is 23.6 Å². The fraction of sp³-hybridized carbons (Fsp3) is 0.308. The van der Waals surface area contributed by atoms with Gasteiger partial charge in [-0.1, -0.05) is 0 Å². The standard InChI is InChI=1S/C13H13N3O3S/c1-3-19-13(18)16-11(9-4-5-20-7-9)10(6-14)8(2)15-12(16)17/h4-5,7,11H,3H2,1-2H3,(H,15,17). The number of amides is 3. The van der Waals surface area contributed by atoms with Crippen molar-refractivity contribution in [3.8, 4) is 6.07 Å². The van der Waals surface area contributed by atoms with E-state index < -0.39 is 18.2 Å². The monoisotopic (exact) mass is 291 g/mol. The molecule has 1 aromatic rings. The number of ether oxygens (including phenoxy) is 1. The molecule has 104 valence electrons. The summed E-state index contributed by atoms with van der Waals surface area (Å²) in [6, 6.07) is 2.52. The molecule has 0 aliphatic carbocycles. The van der Waals surface area contributed by atoms with Crippen molar-refractivity contribution in [2.24, 2.45) is 0 Å². The van der Waals surface area contributed by atoms with E-state index >= 15 is 0 Å². The molecule has 0 spiro atoms. The minimum Gasteiger partial charge on any atom is -0.449 e. The van der Waals surface area contributed by atoms with Gasteiger partial charge in [-0.15, -0.1) is 0 Å². The van der Waals surface area contributed by atoms with E-state index in [0.717, 1.165) is 4.90 Å². The van der Waals surface area contributed by atoms with Crippen molar-refractivity contribution in [3.05, 3.63) is 33.7 Å². The highest BCUT2D eigenvalue weighted by molar-refractivity contribution is 7.08. The van der Waals surface area contributed by atoms with Crippen LogP contribution < -0.4 is 5.32 Å². The Bertz CT molecular complexity index is 601. The Kier molecular flexibility index (Phi) is 4.05. The predicted octanol–water partition coefficient (Wildman–Crippen LogP) is 2.77. The smallest absolute Gasteiger partial charge is 0.418 e. The molecule has 1 N–H and O–H groups in total. The summed E-state index contributed by atoms with van der Waals surface area (Å²) >= 11 is 1.43. The molecule has 20 heavy (non-hydrogen) atoms. The van der Waals surface area contributed by atoms with Gasteiger partial charge in [0.15, 0.2) is 0 Å². The van der Waals surface area contributed by atoms with Crippen molar-refractivity contribution in [3.63, 3.8) is 0 Å². The van der Waals surface area contributed by atoms with Gasteiger partial charge in [-0.05, 0) is 36.2 Å². The molecule has 1 aromatic heterocycles. The summed E-state index contributed by atoms with van der Waals surface area (Å²) in [5, 5.41) is 15.5. The number of carbonyl (C=O) groups excluding carboxylic acids is 2. The maximum atomic E-state index is 12.1. The van der Waals surface area contributed by atoms with E-state index in [-0.39, 0.29) is 6.61 Å². The molecule has 1 aliphatic heterocycles. The van der Waals surface area contributed by atoms with Crippen LogP contribution in [0, 0.1) is 11.3 Å². The molecule has 1 unspecified atom stereocenters. The highest BCUT2D eigenvalue weighted by Gasteiger charge is 2.39. The van der Waals surface area contributed by atoms with Gasteiger partial charge in [-0.2, -0.15) is 16.6 Å². The highest BCUT2D eigenvalue weighted by atomic mass is 32.1. The quantitative estimate of drug-likeness (QED) is 0.908. The summed E-state index contributed by atoms with van der Waals surface area (Å²) in [7, 11) is 0. The highest BCUT2D eigenvalue weighted by Crippen LogP contribution is 2.34. The lowest BCUT2D eigenvalue weighted by Crippen LogP contribution is -2.50. The largest absolute Gasteiger partial charge is 0.449 e. The Balaban J connectivity index is 2.51. The first kappa shape index (κ1) is 14.1. The number of nitrogens with zero attached hydrogens (tertiary/aromatic N) is 2. The molecule has 6 nitrogen and oxygen atoms in total. The Morgan fingerprint density at radius 1 is 1.65 bits per heavy atom. The number of rotatable bonds is 2. The third kappa shape index (κ3) is 2.38.